The van der Waals surface area contributed by atoms with Crippen molar-refractivity contribution in [2.75, 3.05) is 0 Å². The molecule has 1 unspecified atom stereocenters. The van der Waals surface area contributed by atoms with Crippen LogP contribution in [-0.2, 0) is 4.79 Å². The Morgan fingerprint density at radius 3 is 2.17 bits per heavy atom. The van der Waals surface area contributed by atoms with E-state index >= 15 is 0 Å². The summed E-state index contributed by atoms with van der Waals surface area (Å²) in [5, 5.41) is 3.28. The van der Waals surface area contributed by atoms with E-state index in [-0.39, 0.29) is 17.9 Å². The Kier molecular flexibility index (Phi) is 5.50. The fourth-order valence-corrected chi connectivity index (χ4v) is 3.55. The number of carbonyl (C=O) groups is 1. The predicted octanol–water partition coefficient (Wildman–Crippen LogP) is 5.24. The normalized spacial score (nSPS) is 16.7. The van der Waals surface area contributed by atoms with E-state index in [9.17, 15) is 4.79 Å². The third kappa shape index (κ3) is 4.23. The van der Waals surface area contributed by atoms with Crippen LogP contribution >= 0.6 is 15.9 Å². The first-order valence-corrected chi connectivity index (χ1v) is 9.14. The van der Waals surface area contributed by atoms with Gasteiger partial charge in [0.2, 0.25) is 5.91 Å². The molecule has 0 saturated heterocycles. The van der Waals surface area contributed by atoms with Crippen LogP contribution in [0.15, 0.2) is 59.1 Å². The summed E-state index contributed by atoms with van der Waals surface area (Å²) in [5.41, 5.74) is 2.24. The minimum absolute atomic E-state index is 0.0845. The van der Waals surface area contributed by atoms with Crippen molar-refractivity contribution in [1.82, 2.24) is 5.32 Å². The van der Waals surface area contributed by atoms with Crippen LogP contribution in [0, 0.1) is 5.92 Å². The highest BCUT2D eigenvalue weighted by Gasteiger charge is 2.24. The zero-order chi connectivity index (χ0) is 16.1. The molecule has 3 heteroatoms. The van der Waals surface area contributed by atoms with Crippen LogP contribution in [0.1, 0.15) is 49.3 Å². The van der Waals surface area contributed by atoms with Crippen LogP contribution in [0.25, 0.3) is 0 Å². The molecule has 1 fully saturated rings. The maximum Gasteiger partial charge on any atom is 0.223 e. The summed E-state index contributed by atoms with van der Waals surface area (Å²) in [7, 11) is 0. The number of carbonyl (C=O) groups excluding carboxylic acids is 1. The molecule has 1 atom stereocenters. The van der Waals surface area contributed by atoms with Crippen molar-refractivity contribution in [2.45, 2.75) is 38.1 Å². The first-order valence-electron chi connectivity index (χ1n) is 8.35. The van der Waals surface area contributed by atoms with Gasteiger partial charge in [0.25, 0.3) is 0 Å². The first-order chi connectivity index (χ1) is 11.2. The molecule has 1 aliphatic rings. The lowest BCUT2D eigenvalue weighted by molar-refractivity contribution is -0.126. The molecule has 23 heavy (non-hydrogen) atoms. The van der Waals surface area contributed by atoms with Gasteiger partial charge in [0.15, 0.2) is 0 Å². The second kappa shape index (κ2) is 7.78. The summed E-state index contributed by atoms with van der Waals surface area (Å²) in [4.78, 5) is 12.7. The van der Waals surface area contributed by atoms with Crippen molar-refractivity contribution in [3.8, 4) is 0 Å². The summed E-state index contributed by atoms with van der Waals surface area (Å²) >= 11 is 3.48. The van der Waals surface area contributed by atoms with E-state index in [0.29, 0.717) is 0 Å². The van der Waals surface area contributed by atoms with E-state index in [0.717, 1.165) is 28.4 Å². The van der Waals surface area contributed by atoms with Crippen LogP contribution in [0.2, 0.25) is 0 Å². The van der Waals surface area contributed by atoms with Crippen LogP contribution < -0.4 is 5.32 Å². The highest BCUT2D eigenvalue weighted by atomic mass is 79.9. The second-order valence-corrected chi connectivity index (χ2v) is 7.15. The Morgan fingerprint density at radius 1 is 0.913 bits per heavy atom. The molecule has 0 spiro atoms. The smallest absolute Gasteiger partial charge is 0.223 e. The monoisotopic (exact) mass is 371 g/mol. The molecular formula is C20H22BrNO. The first kappa shape index (κ1) is 16.3. The summed E-state index contributed by atoms with van der Waals surface area (Å²) in [6.07, 6.45) is 5.65. The van der Waals surface area contributed by atoms with Gasteiger partial charge in [0, 0.05) is 10.4 Å². The molecule has 3 rings (SSSR count). The lowest BCUT2D eigenvalue weighted by Gasteiger charge is -2.25. The molecule has 0 bridgehead atoms. The average molecular weight is 372 g/mol. The predicted molar refractivity (Wildman–Crippen MR) is 97.1 cm³/mol. The third-order valence-electron chi connectivity index (χ3n) is 4.60. The highest BCUT2D eigenvalue weighted by molar-refractivity contribution is 9.10. The van der Waals surface area contributed by atoms with Crippen molar-refractivity contribution < 1.29 is 4.79 Å². The third-order valence-corrected chi connectivity index (χ3v) is 5.13. The fourth-order valence-electron chi connectivity index (χ4n) is 3.28. The van der Waals surface area contributed by atoms with Crippen LogP contribution in [-0.4, -0.2) is 5.91 Å². The Labute approximate surface area is 146 Å². The molecule has 0 radical (unpaired) electrons. The summed E-state index contributed by atoms with van der Waals surface area (Å²) < 4.78 is 1.05. The van der Waals surface area contributed by atoms with Gasteiger partial charge in [-0.25, -0.2) is 0 Å². The van der Waals surface area contributed by atoms with Crippen LogP contribution in [0.3, 0.4) is 0 Å². The largest absolute Gasteiger partial charge is 0.345 e. The number of nitrogens with one attached hydrogen (secondary N) is 1. The number of hydrogen-bond acceptors (Lipinski definition) is 1. The van der Waals surface area contributed by atoms with Gasteiger partial charge in [-0.3, -0.25) is 4.79 Å². The lowest BCUT2D eigenvalue weighted by atomic mass is 9.88. The fraction of sp³-hybridized carbons (Fsp3) is 0.350. The van der Waals surface area contributed by atoms with Gasteiger partial charge in [-0.15, -0.1) is 0 Å². The topological polar surface area (TPSA) is 29.1 Å². The molecule has 2 nitrogen and oxygen atoms in total. The van der Waals surface area contributed by atoms with E-state index in [4.69, 9.17) is 0 Å². The molecule has 1 amide bonds. The quantitative estimate of drug-likeness (QED) is 0.782. The molecule has 1 N–H and O–H groups in total. The van der Waals surface area contributed by atoms with E-state index in [1.54, 1.807) is 0 Å². The van der Waals surface area contributed by atoms with Crippen molar-refractivity contribution in [2.24, 2.45) is 5.92 Å². The Hall–Kier alpha value is -1.61. The number of amides is 1. The average Bonchev–Trinajstić information content (AvgIpc) is 2.62. The molecule has 120 valence electrons. The SMILES string of the molecule is O=C(NC(c1ccccc1)c1ccc(Br)cc1)C1CCCCC1. The molecule has 1 saturated carbocycles. The number of halogens is 1. The van der Waals surface area contributed by atoms with Gasteiger partial charge >= 0.3 is 0 Å². The Morgan fingerprint density at radius 2 is 1.52 bits per heavy atom. The highest BCUT2D eigenvalue weighted by Crippen LogP contribution is 2.27. The van der Waals surface area contributed by atoms with Crippen molar-refractivity contribution in [3.05, 3.63) is 70.2 Å². The molecule has 2 aromatic rings. The standard InChI is InChI=1S/C20H22BrNO/c21-18-13-11-16(12-14-18)19(15-7-3-1-4-8-15)22-20(23)17-9-5-2-6-10-17/h1,3-4,7-8,11-14,17,19H,2,5-6,9-10H2,(H,22,23). The summed E-state index contributed by atoms with van der Waals surface area (Å²) in [6, 6.07) is 18.3. The molecular weight excluding hydrogens is 350 g/mol. The van der Waals surface area contributed by atoms with Gasteiger partial charge in [-0.1, -0.05) is 77.7 Å². The maximum absolute atomic E-state index is 12.7. The summed E-state index contributed by atoms with van der Waals surface area (Å²) in [6.45, 7) is 0. The van der Waals surface area contributed by atoms with Gasteiger partial charge in [-0.2, -0.15) is 0 Å². The van der Waals surface area contributed by atoms with Gasteiger partial charge in [0.05, 0.1) is 6.04 Å². The zero-order valence-corrected chi connectivity index (χ0v) is 14.8. The number of hydrogen-bond donors (Lipinski definition) is 1. The van der Waals surface area contributed by atoms with Gasteiger partial charge < -0.3 is 5.32 Å². The molecule has 2 aromatic carbocycles. The zero-order valence-electron chi connectivity index (χ0n) is 13.2. The summed E-state index contributed by atoms with van der Waals surface area (Å²) in [5.74, 6) is 0.367. The van der Waals surface area contributed by atoms with Crippen molar-refractivity contribution in [1.29, 1.82) is 0 Å². The van der Waals surface area contributed by atoms with E-state index in [1.165, 1.54) is 19.3 Å². The molecule has 0 aromatic heterocycles. The van der Waals surface area contributed by atoms with E-state index < -0.39 is 0 Å². The van der Waals surface area contributed by atoms with E-state index in [2.05, 4.69) is 45.5 Å². The van der Waals surface area contributed by atoms with Crippen LogP contribution in [0.5, 0.6) is 0 Å². The van der Waals surface area contributed by atoms with Gasteiger partial charge in [0.1, 0.15) is 0 Å². The molecule has 0 heterocycles. The Balaban J connectivity index is 1.83. The second-order valence-electron chi connectivity index (χ2n) is 6.24. The lowest BCUT2D eigenvalue weighted by Crippen LogP contribution is -2.35. The minimum atomic E-state index is -0.0845. The van der Waals surface area contributed by atoms with Gasteiger partial charge in [-0.05, 0) is 36.1 Å². The van der Waals surface area contributed by atoms with Crippen molar-refractivity contribution >= 4 is 21.8 Å². The maximum atomic E-state index is 12.7. The Bertz CT molecular complexity index is 632. The molecule has 1 aliphatic carbocycles. The van der Waals surface area contributed by atoms with Crippen LogP contribution in [0.4, 0.5) is 0 Å². The number of rotatable bonds is 4. The van der Waals surface area contributed by atoms with E-state index in [1.807, 2.05) is 30.3 Å². The minimum Gasteiger partial charge on any atom is -0.345 e. The number of benzene rings is 2. The van der Waals surface area contributed by atoms with Crippen molar-refractivity contribution in [3.63, 3.8) is 0 Å². The molecule has 0 aliphatic heterocycles.